The molecule has 94 valence electrons. The number of rotatable bonds is 3. The van der Waals surface area contributed by atoms with Crippen LogP contribution in [0.2, 0.25) is 0 Å². The van der Waals surface area contributed by atoms with E-state index >= 15 is 0 Å². The van der Waals surface area contributed by atoms with Gasteiger partial charge >= 0.3 is 5.69 Å². The summed E-state index contributed by atoms with van der Waals surface area (Å²) in [7, 11) is 0. The molecule has 1 heterocycles. The molecule has 0 amide bonds. The average molecular weight is 264 g/mol. The van der Waals surface area contributed by atoms with Crippen molar-refractivity contribution in [3.05, 3.63) is 56.7 Å². The molecule has 0 saturated carbocycles. The molecule has 0 atom stereocenters. The Bertz CT molecular complexity index is 627. The van der Waals surface area contributed by atoms with Gasteiger partial charge in [-0.05, 0) is 24.1 Å². The highest BCUT2D eigenvalue weighted by Crippen LogP contribution is 2.24. The first kappa shape index (κ1) is 12.5. The second kappa shape index (κ2) is 5.14. The topological polar surface area (TPSA) is 75.1 Å². The van der Waals surface area contributed by atoms with Crippen molar-refractivity contribution in [2.24, 2.45) is 0 Å². The van der Waals surface area contributed by atoms with Crippen molar-refractivity contribution in [1.29, 1.82) is 0 Å². The molecule has 0 aliphatic heterocycles. The summed E-state index contributed by atoms with van der Waals surface area (Å²) in [6.07, 6.45) is 0.961. The first-order valence-corrected chi connectivity index (χ1v) is 6.24. The van der Waals surface area contributed by atoms with E-state index in [0.29, 0.717) is 5.03 Å². The maximum absolute atomic E-state index is 11.2. The van der Waals surface area contributed by atoms with E-state index in [-0.39, 0.29) is 4.73 Å². The van der Waals surface area contributed by atoms with Gasteiger partial charge in [0.2, 0.25) is 0 Å². The van der Waals surface area contributed by atoms with Crippen LogP contribution in [0.15, 0.2) is 49.8 Å². The Hall–Kier alpha value is -1.95. The third kappa shape index (κ3) is 2.65. The quantitative estimate of drug-likeness (QED) is 0.650. The van der Waals surface area contributed by atoms with E-state index in [2.05, 4.69) is 11.9 Å². The molecule has 0 unspecified atom stereocenters. The van der Waals surface area contributed by atoms with Crippen molar-refractivity contribution in [2.45, 2.75) is 23.3 Å². The zero-order valence-electron chi connectivity index (χ0n) is 9.71. The number of nitrogens with zero attached hydrogens (tertiary/aromatic N) is 1. The monoisotopic (exact) mass is 264 g/mol. The van der Waals surface area contributed by atoms with Gasteiger partial charge in [-0.25, -0.2) is 4.79 Å². The number of hydrogen-bond donors (Lipinski definition) is 2. The Morgan fingerprint density at radius 2 is 1.94 bits per heavy atom. The Labute approximate surface area is 107 Å². The Kier molecular flexibility index (Phi) is 3.57. The van der Waals surface area contributed by atoms with Gasteiger partial charge in [0.15, 0.2) is 0 Å². The van der Waals surface area contributed by atoms with Gasteiger partial charge in [-0.3, -0.25) is 9.78 Å². The van der Waals surface area contributed by atoms with Crippen molar-refractivity contribution in [3.8, 4) is 0 Å². The highest BCUT2D eigenvalue weighted by Gasteiger charge is 2.04. The molecular weight excluding hydrogens is 252 g/mol. The summed E-state index contributed by atoms with van der Waals surface area (Å²) in [5.41, 5.74) is -0.361. The Morgan fingerprint density at radius 1 is 1.28 bits per heavy atom. The molecule has 5 nitrogen and oxygen atoms in total. The van der Waals surface area contributed by atoms with Crippen LogP contribution in [0.25, 0.3) is 0 Å². The fourth-order valence-electron chi connectivity index (χ4n) is 1.44. The predicted octanol–water partition coefficient (Wildman–Crippen LogP) is 1.49. The fraction of sp³-hybridized carbons (Fsp3) is 0.167. The molecule has 0 bridgehead atoms. The Balaban J connectivity index is 2.28. The van der Waals surface area contributed by atoms with Crippen molar-refractivity contribution in [3.63, 3.8) is 0 Å². The lowest BCUT2D eigenvalue weighted by atomic mass is 10.2. The van der Waals surface area contributed by atoms with E-state index in [9.17, 15) is 9.59 Å². The van der Waals surface area contributed by atoms with E-state index in [4.69, 9.17) is 5.21 Å². The largest absolute Gasteiger partial charge is 0.421 e. The molecule has 18 heavy (non-hydrogen) atoms. The van der Waals surface area contributed by atoms with Crippen LogP contribution in [-0.2, 0) is 6.42 Å². The van der Waals surface area contributed by atoms with Gasteiger partial charge in [0.25, 0.3) is 5.56 Å². The lowest BCUT2D eigenvalue weighted by Crippen LogP contribution is -2.32. The second-order valence-electron chi connectivity index (χ2n) is 3.69. The second-order valence-corrected chi connectivity index (χ2v) is 4.80. The van der Waals surface area contributed by atoms with Crippen molar-refractivity contribution >= 4 is 11.8 Å². The van der Waals surface area contributed by atoms with Crippen molar-refractivity contribution < 1.29 is 5.21 Å². The van der Waals surface area contributed by atoms with Crippen LogP contribution in [0.4, 0.5) is 0 Å². The van der Waals surface area contributed by atoms with Crippen LogP contribution in [0.1, 0.15) is 12.5 Å². The first-order chi connectivity index (χ1) is 8.60. The molecule has 6 heteroatoms. The van der Waals surface area contributed by atoms with Crippen molar-refractivity contribution in [1.82, 2.24) is 9.71 Å². The predicted molar refractivity (Wildman–Crippen MR) is 68.5 cm³/mol. The molecule has 0 saturated heterocycles. The molecule has 0 spiro atoms. The van der Waals surface area contributed by atoms with Gasteiger partial charge in [0.05, 0.1) is 5.03 Å². The lowest BCUT2D eigenvalue weighted by molar-refractivity contribution is 0.159. The van der Waals surface area contributed by atoms with Crippen LogP contribution >= 0.6 is 11.8 Å². The third-order valence-corrected chi connectivity index (χ3v) is 3.39. The van der Waals surface area contributed by atoms with Crippen LogP contribution in [-0.4, -0.2) is 14.9 Å². The molecule has 0 radical (unpaired) electrons. The van der Waals surface area contributed by atoms with E-state index in [1.54, 1.807) is 0 Å². The normalized spacial score (nSPS) is 10.5. The van der Waals surface area contributed by atoms with Crippen LogP contribution in [0.3, 0.4) is 0 Å². The number of nitrogens with one attached hydrogen (secondary N) is 1. The highest BCUT2D eigenvalue weighted by atomic mass is 32.2. The molecule has 1 aromatic heterocycles. The highest BCUT2D eigenvalue weighted by molar-refractivity contribution is 7.99. The van der Waals surface area contributed by atoms with E-state index in [1.807, 2.05) is 24.3 Å². The molecule has 2 aromatic rings. The molecule has 2 N–H and O–H groups in total. The van der Waals surface area contributed by atoms with Crippen molar-refractivity contribution in [2.75, 3.05) is 0 Å². The summed E-state index contributed by atoms with van der Waals surface area (Å²) >= 11 is 1.26. The summed E-state index contributed by atoms with van der Waals surface area (Å²) in [6.45, 7) is 2.07. The molecule has 0 aliphatic rings. The van der Waals surface area contributed by atoms with E-state index < -0.39 is 11.2 Å². The molecule has 2 rings (SSSR count). The third-order valence-electron chi connectivity index (χ3n) is 2.45. The van der Waals surface area contributed by atoms with Gasteiger partial charge in [0.1, 0.15) is 0 Å². The standard InChI is InChI=1S/C12H12N2O3S/c1-2-8-3-5-9(6-4-8)18-10-7-11(15)14(17)12(16)13-10/h3-7,17H,2H2,1H3,(H,13,16). The maximum Gasteiger partial charge on any atom is 0.362 e. The molecule has 0 aliphatic carbocycles. The van der Waals surface area contributed by atoms with Crippen LogP contribution in [0, 0.1) is 0 Å². The fourth-order valence-corrected chi connectivity index (χ4v) is 2.27. The number of hydrogen-bond acceptors (Lipinski definition) is 4. The summed E-state index contributed by atoms with van der Waals surface area (Å²) in [5.74, 6) is 0. The van der Waals surface area contributed by atoms with E-state index in [1.165, 1.54) is 23.4 Å². The van der Waals surface area contributed by atoms with Gasteiger partial charge in [-0.1, -0.05) is 35.5 Å². The summed E-state index contributed by atoms with van der Waals surface area (Å²) in [4.78, 5) is 25.8. The lowest BCUT2D eigenvalue weighted by Gasteiger charge is -2.03. The Morgan fingerprint density at radius 3 is 2.50 bits per heavy atom. The van der Waals surface area contributed by atoms with Gasteiger partial charge in [0, 0.05) is 11.0 Å². The zero-order chi connectivity index (χ0) is 13.1. The van der Waals surface area contributed by atoms with Gasteiger partial charge < -0.3 is 5.21 Å². The van der Waals surface area contributed by atoms with E-state index in [0.717, 1.165) is 11.3 Å². The summed E-state index contributed by atoms with van der Waals surface area (Å²) in [5, 5.41) is 9.42. The summed E-state index contributed by atoms with van der Waals surface area (Å²) in [6, 6.07) is 9.01. The maximum atomic E-state index is 11.2. The number of H-pyrrole nitrogens is 1. The zero-order valence-corrected chi connectivity index (χ0v) is 10.5. The number of aromatic nitrogens is 2. The molecular formula is C12H12N2O3S. The summed E-state index contributed by atoms with van der Waals surface area (Å²) < 4.78 is 0.0459. The van der Waals surface area contributed by atoms with Crippen LogP contribution in [0.5, 0.6) is 0 Å². The average Bonchev–Trinajstić information content (AvgIpc) is 2.37. The van der Waals surface area contributed by atoms with Gasteiger partial charge in [-0.15, -0.1) is 0 Å². The van der Waals surface area contributed by atoms with Crippen LogP contribution < -0.4 is 11.2 Å². The van der Waals surface area contributed by atoms with Gasteiger partial charge in [-0.2, -0.15) is 0 Å². The number of aryl methyl sites for hydroxylation is 1. The minimum Gasteiger partial charge on any atom is -0.421 e. The molecule has 1 aromatic carbocycles. The molecule has 0 fully saturated rings. The minimum atomic E-state index is -0.838. The minimum absolute atomic E-state index is 0.0459. The SMILES string of the molecule is CCc1ccc(Sc2cc(=O)n(O)c(=O)[nH]2)cc1. The number of aromatic amines is 1. The number of benzene rings is 1. The smallest absolute Gasteiger partial charge is 0.362 e. The first-order valence-electron chi connectivity index (χ1n) is 5.42.